The summed E-state index contributed by atoms with van der Waals surface area (Å²) in [4.78, 5) is 12.1. The number of rotatable bonds is 7. The first-order valence-electron chi connectivity index (χ1n) is 6.61. The van der Waals surface area contributed by atoms with E-state index in [4.69, 9.17) is 0 Å². The Hall–Kier alpha value is -1.89. The number of nitro groups is 1. The van der Waals surface area contributed by atoms with Crippen molar-refractivity contribution in [2.24, 2.45) is 0 Å². The molecule has 7 heteroatoms. The molecule has 0 saturated heterocycles. The molecule has 2 aromatic heterocycles. The predicted molar refractivity (Wildman–Crippen MR) is 80.4 cm³/mol. The summed E-state index contributed by atoms with van der Waals surface area (Å²) < 4.78 is 1.70. The van der Waals surface area contributed by atoms with Crippen LogP contribution in [0.3, 0.4) is 0 Å². The molecule has 108 valence electrons. The second-order valence-corrected chi connectivity index (χ2v) is 5.55. The highest BCUT2D eigenvalue weighted by Crippen LogP contribution is 2.28. The zero-order chi connectivity index (χ0) is 14.5. The fourth-order valence-electron chi connectivity index (χ4n) is 2.10. The Labute approximate surface area is 121 Å². The minimum atomic E-state index is -0.359. The maximum Gasteiger partial charge on any atom is 0.333 e. The van der Waals surface area contributed by atoms with Crippen molar-refractivity contribution in [1.82, 2.24) is 9.78 Å². The number of aryl methyl sites for hydroxylation is 2. The van der Waals surface area contributed by atoms with Crippen molar-refractivity contribution in [3.63, 3.8) is 0 Å². The van der Waals surface area contributed by atoms with Crippen molar-refractivity contribution < 1.29 is 4.92 Å². The van der Waals surface area contributed by atoms with Gasteiger partial charge in [-0.15, -0.1) is 11.3 Å². The van der Waals surface area contributed by atoms with Gasteiger partial charge in [-0.3, -0.25) is 10.1 Å². The molecular formula is C13H18N4O2S. The summed E-state index contributed by atoms with van der Waals surface area (Å²) in [7, 11) is 0. The molecular weight excluding hydrogens is 276 g/mol. The molecule has 0 aliphatic rings. The number of nitrogens with zero attached hydrogens (tertiary/aromatic N) is 3. The number of aromatic nitrogens is 2. The molecule has 0 radical (unpaired) electrons. The summed E-state index contributed by atoms with van der Waals surface area (Å²) in [5.74, 6) is 0.519. The van der Waals surface area contributed by atoms with Gasteiger partial charge in [-0.05, 0) is 31.2 Å². The first-order chi connectivity index (χ1) is 9.63. The molecule has 20 heavy (non-hydrogen) atoms. The Kier molecular flexibility index (Phi) is 4.73. The maximum absolute atomic E-state index is 11.2. The normalized spacial score (nSPS) is 10.7. The Bertz CT molecular complexity index is 577. The number of hydrogen-bond donors (Lipinski definition) is 1. The second kappa shape index (κ2) is 6.51. The molecule has 2 rings (SSSR count). The fourth-order valence-corrected chi connectivity index (χ4v) is 2.81. The van der Waals surface area contributed by atoms with E-state index in [1.54, 1.807) is 22.9 Å². The van der Waals surface area contributed by atoms with Crippen LogP contribution in [0.1, 0.15) is 23.9 Å². The molecule has 0 aliphatic carbocycles. The van der Waals surface area contributed by atoms with Gasteiger partial charge in [-0.2, -0.15) is 5.10 Å². The summed E-state index contributed by atoms with van der Waals surface area (Å²) in [6.07, 6.45) is 1.74. The SMILES string of the molecule is CCCn1nc(C)c([N+](=O)[O-])c1NCCc1cccs1. The van der Waals surface area contributed by atoms with Gasteiger partial charge in [0.15, 0.2) is 0 Å². The molecule has 0 amide bonds. The van der Waals surface area contributed by atoms with Crippen molar-refractivity contribution in [3.8, 4) is 0 Å². The minimum absolute atomic E-state index is 0.0876. The first kappa shape index (κ1) is 14.5. The van der Waals surface area contributed by atoms with Crippen molar-refractivity contribution in [3.05, 3.63) is 38.2 Å². The predicted octanol–water partition coefficient (Wildman–Crippen LogP) is 3.23. The monoisotopic (exact) mass is 294 g/mol. The van der Waals surface area contributed by atoms with Gasteiger partial charge in [0.25, 0.3) is 0 Å². The van der Waals surface area contributed by atoms with Gasteiger partial charge in [0, 0.05) is 18.0 Å². The van der Waals surface area contributed by atoms with Crippen LogP contribution >= 0.6 is 11.3 Å². The molecule has 0 bridgehead atoms. The third kappa shape index (κ3) is 3.16. The molecule has 0 fully saturated rings. The Morgan fingerprint density at radius 1 is 1.55 bits per heavy atom. The average molecular weight is 294 g/mol. The van der Waals surface area contributed by atoms with Crippen LogP contribution < -0.4 is 5.32 Å². The van der Waals surface area contributed by atoms with E-state index in [2.05, 4.69) is 16.5 Å². The molecule has 6 nitrogen and oxygen atoms in total. The molecule has 0 aromatic carbocycles. The number of hydrogen-bond acceptors (Lipinski definition) is 5. The van der Waals surface area contributed by atoms with Crippen molar-refractivity contribution >= 4 is 22.8 Å². The van der Waals surface area contributed by atoms with Crippen molar-refractivity contribution in [2.45, 2.75) is 33.2 Å². The van der Waals surface area contributed by atoms with Crippen LogP contribution in [0, 0.1) is 17.0 Å². The van der Waals surface area contributed by atoms with Crippen molar-refractivity contribution in [2.75, 3.05) is 11.9 Å². The van der Waals surface area contributed by atoms with Gasteiger partial charge in [0.05, 0.1) is 4.92 Å². The highest BCUT2D eigenvalue weighted by atomic mass is 32.1. The summed E-state index contributed by atoms with van der Waals surface area (Å²) in [6.45, 7) is 5.04. The molecule has 0 saturated carbocycles. The standard InChI is InChI=1S/C13H18N4O2S/c1-3-8-16-13(12(17(18)19)10(2)15-16)14-7-6-11-5-4-9-20-11/h4-5,9,14H,3,6-8H2,1-2H3. The first-order valence-corrected chi connectivity index (χ1v) is 7.49. The summed E-state index contributed by atoms with van der Waals surface area (Å²) in [5, 5.41) is 20.6. The van der Waals surface area contributed by atoms with Gasteiger partial charge in [-0.25, -0.2) is 4.68 Å². The van der Waals surface area contributed by atoms with E-state index >= 15 is 0 Å². The van der Waals surface area contributed by atoms with E-state index in [0.717, 1.165) is 12.8 Å². The molecule has 1 N–H and O–H groups in total. The number of anilines is 1. The van der Waals surface area contributed by atoms with Crippen LogP contribution in [0.25, 0.3) is 0 Å². The molecule has 0 atom stereocenters. The summed E-state index contributed by atoms with van der Waals surface area (Å²) >= 11 is 1.69. The Morgan fingerprint density at radius 2 is 2.35 bits per heavy atom. The topological polar surface area (TPSA) is 73.0 Å². The van der Waals surface area contributed by atoms with Gasteiger partial charge in [0.2, 0.25) is 5.82 Å². The lowest BCUT2D eigenvalue weighted by Crippen LogP contribution is -2.11. The summed E-state index contributed by atoms with van der Waals surface area (Å²) in [6, 6.07) is 4.07. The summed E-state index contributed by atoms with van der Waals surface area (Å²) in [5.41, 5.74) is 0.548. The smallest absolute Gasteiger partial charge is 0.333 e. The van der Waals surface area contributed by atoms with E-state index in [1.807, 2.05) is 18.4 Å². The third-order valence-electron chi connectivity index (χ3n) is 2.96. The van der Waals surface area contributed by atoms with E-state index in [9.17, 15) is 10.1 Å². The Balaban J connectivity index is 2.13. The van der Waals surface area contributed by atoms with Gasteiger partial charge in [-0.1, -0.05) is 13.0 Å². The van der Waals surface area contributed by atoms with E-state index in [0.29, 0.717) is 24.6 Å². The number of thiophene rings is 1. The lowest BCUT2D eigenvalue weighted by Gasteiger charge is -2.07. The lowest BCUT2D eigenvalue weighted by atomic mass is 10.3. The van der Waals surface area contributed by atoms with Crippen LogP contribution in [0.5, 0.6) is 0 Å². The fraction of sp³-hybridized carbons (Fsp3) is 0.462. The van der Waals surface area contributed by atoms with E-state index in [1.165, 1.54) is 4.88 Å². The van der Waals surface area contributed by atoms with Crippen LogP contribution in [-0.2, 0) is 13.0 Å². The highest BCUT2D eigenvalue weighted by molar-refractivity contribution is 7.09. The highest BCUT2D eigenvalue weighted by Gasteiger charge is 2.24. The molecule has 2 aromatic rings. The minimum Gasteiger partial charge on any atom is -0.364 e. The zero-order valence-corrected chi connectivity index (χ0v) is 12.4. The molecule has 2 heterocycles. The third-order valence-corrected chi connectivity index (χ3v) is 3.89. The average Bonchev–Trinajstić information content (AvgIpc) is 2.99. The van der Waals surface area contributed by atoms with Gasteiger partial charge >= 0.3 is 5.69 Å². The maximum atomic E-state index is 11.2. The van der Waals surface area contributed by atoms with Crippen LogP contribution in [0.2, 0.25) is 0 Å². The van der Waals surface area contributed by atoms with Crippen molar-refractivity contribution in [1.29, 1.82) is 0 Å². The molecule has 0 aliphatic heterocycles. The van der Waals surface area contributed by atoms with E-state index < -0.39 is 0 Å². The quantitative estimate of drug-likeness (QED) is 0.628. The lowest BCUT2D eigenvalue weighted by molar-refractivity contribution is -0.384. The molecule has 0 unspecified atom stereocenters. The Morgan fingerprint density at radius 3 is 2.95 bits per heavy atom. The molecule has 0 spiro atoms. The second-order valence-electron chi connectivity index (χ2n) is 4.52. The van der Waals surface area contributed by atoms with Gasteiger partial charge < -0.3 is 5.32 Å². The zero-order valence-electron chi connectivity index (χ0n) is 11.6. The van der Waals surface area contributed by atoms with E-state index in [-0.39, 0.29) is 10.6 Å². The van der Waals surface area contributed by atoms with Crippen LogP contribution in [0.15, 0.2) is 17.5 Å². The van der Waals surface area contributed by atoms with Crippen LogP contribution in [0.4, 0.5) is 11.5 Å². The number of nitrogens with one attached hydrogen (secondary N) is 1. The van der Waals surface area contributed by atoms with Gasteiger partial charge in [0.1, 0.15) is 5.69 Å². The van der Waals surface area contributed by atoms with Crippen LogP contribution in [-0.4, -0.2) is 21.2 Å². The largest absolute Gasteiger partial charge is 0.364 e.